The van der Waals surface area contributed by atoms with E-state index in [-0.39, 0.29) is 24.2 Å². The third-order valence-electron chi connectivity index (χ3n) is 4.89. The first-order valence-electron chi connectivity index (χ1n) is 9.53. The van der Waals surface area contributed by atoms with E-state index in [1.807, 2.05) is 43.3 Å². The molecular formula is C20H32ClN3O2S. The van der Waals surface area contributed by atoms with E-state index in [1.165, 1.54) is 31.0 Å². The Morgan fingerprint density at radius 2 is 1.85 bits per heavy atom. The Bertz CT molecular complexity index is 594. The average molecular weight is 414 g/mol. The monoisotopic (exact) mass is 413 g/mol. The van der Waals surface area contributed by atoms with E-state index in [1.54, 1.807) is 0 Å². The van der Waals surface area contributed by atoms with Gasteiger partial charge in [-0.1, -0.05) is 31.4 Å². The molecule has 0 aromatic heterocycles. The van der Waals surface area contributed by atoms with Crippen LogP contribution in [0.5, 0.6) is 0 Å². The Kier molecular flexibility index (Phi) is 11.5. The molecule has 0 heterocycles. The normalized spacial score (nSPS) is 14.3. The fraction of sp³-hybridized carbons (Fsp3) is 0.600. The number of thioether (sulfide) groups is 1. The zero-order chi connectivity index (χ0) is 18.8. The first-order chi connectivity index (χ1) is 12.6. The third kappa shape index (κ3) is 7.72. The number of nitrogens with zero attached hydrogens (tertiary/aromatic N) is 1. The minimum Gasteiger partial charge on any atom is -0.352 e. The zero-order valence-electron chi connectivity index (χ0n) is 16.3. The van der Waals surface area contributed by atoms with Crippen LogP contribution in [0.15, 0.2) is 29.2 Å². The van der Waals surface area contributed by atoms with Crippen molar-refractivity contribution in [1.29, 1.82) is 0 Å². The molecule has 0 bridgehead atoms. The number of carbonyl (C=O) groups excluding carboxylic acids is 2. The molecule has 1 aliphatic carbocycles. The summed E-state index contributed by atoms with van der Waals surface area (Å²) in [5.41, 5.74) is 0.648. The minimum absolute atomic E-state index is 0. The molecular weight excluding hydrogens is 382 g/mol. The molecule has 2 amide bonds. The van der Waals surface area contributed by atoms with Crippen LogP contribution in [0.3, 0.4) is 0 Å². The maximum absolute atomic E-state index is 12.5. The van der Waals surface area contributed by atoms with Gasteiger partial charge in [-0.15, -0.1) is 24.2 Å². The lowest BCUT2D eigenvalue weighted by molar-refractivity contribution is -0.129. The van der Waals surface area contributed by atoms with Gasteiger partial charge in [0.25, 0.3) is 5.91 Å². The van der Waals surface area contributed by atoms with Crippen LogP contribution < -0.4 is 10.6 Å². The van der Waals surface area contributed by atoms with Crippen molar-refractivity contribution in [2.75, 3.05) is 32.9 Å². The van der Waals surface area contributed by atoms with Crippen LogP contribution in [-0.4, -0.2) is 55.7 Å². The predicted octanol–water partition coefficient (Wildman–Crippen LogP) is 3.33. The fourth-order valence-electron chi connectivity index (χ4n) is 3.26. The summed E-state index contributed by atoms with van der Waals surface area (Å²) >= 11 is 1.46. The van der Waals surface area contributed by atoms with Crippen molar-refractivity contribution in [2.24, 2.45) is 0 Å². The van der Waals surface area contributed by atoms with Gasteiger partial charge in [0, 0.05) is 24.5 Å². The van der Waals surface area contributed by atoms with E-state index in [2.05, 4.69) is 10.6 Å². The summed E-state index contributed by atoms with van der Waals surface area (Å²) in [4.78, 5) is 27.7. The summed E-state index contributed by atoms with van der Waals surface area (Å²) in [7, 11) is 3.81. The summed E-state index contributed by atoms with van der Waals surface area (Å²) in [6.45, 7) is 1.51. The van der Waals surface area contributed by atoms with E-state index >= 15 is 0 Å². The summed E-state index contributed by atoms with van der Waals surface area (Å²) in [5, 5.41) is 6.01. The number of hydrogen-bond donors (Lipinski definition) is 2. The minimum atomic E-state index is -0.0720. The van der Waals surface area contributed by atoms with Crippen LogP contribution in [0.2, 0.25) is 0 Å². The highest BCUT2D eigenvalue weighted by molar-refractivity contribution is 8.00. The second-order valence-corrected chi connectivity index (χ2v) is 7.81. The lowest BCUT2D eigenvalue weighted by Gasteiger charge is -2.31. The van der Waals surface area contributed by atoms with Crippen LogP contribution in [0.25, 0.3) is 0 Å². The number of benzene rings is 1. The predicted molar refractivity (Wildman–Crippen MR) is 115 cm³/mol. The van der Waals surface area contributed by atoms with Crippen molar-refractivity contribution >= 4 is 36.0 Å². The smallest absolute Gasteiger partial charge is 0.252 e. The van der Waals surface area contributed by atoms with Crippen molar-refractivity contribution < 1.29 is 9.59 Å². The molecule has 0 unspecified atom stereocenters. The molecule has 7 heteroatoms. The van der Waals surface area contributed by atoms with Gasteiger partial charge in [0.1, 0.15) is 0 Å². The van der Waals surface area contributed by atoms with Gasteiger partial charge in [-0.05, 0) is 45.0 Å². The van der Waals surface area contributed by atoms with Gasteiger partial charge in [-0.3, -0.25) is 9.59 Å². The Labute approximate surface area is 173 Å². The van der Waals surface area contributed by atoms with Gasteiger partial charge >= 0.3 is 0 Å². The van der Waals surface area contributed by atoms with E-state index in [4.69, 9.17) is 0 Å². The Morgan fingerprint density at radius 3 is 2.56 bits per heavy atom. The molecule has 5 nitrogen and oxygen atoms in total. The van der Waals surface area contributed by atoms with Crippen molar-refractivity contribution in [1.82, 2.24) is 15.5 Å². The van der Waals surface area contributed by atoms with Crippen molar-refractivity contribution in [2.45, 2.75) is 49.5 Å². The van der Waals surface area contributed by atoms with E-state index in [0.29, 0.717) is 23.9 Å². The van der Waals surface area contributed by atoms with E-state index in [0.717, 1.165) is 30.7 Å². The largest absolute Gasteiger partial charge is 0.352 e. The molecule has 152 valence electrons. The van der Waals surface area contributed by atoms with Gasteiger partial charge in [-0.2, -0.15) is 0 Å². The molecule has 0 radical (unpaired) electrons. The van der Waals surface area contributed by atoms with E-state index in [9.17, 15) is 9.59 Å². The number of rotatable bonds is 9. The molecule has 0 saturated heterocycles. The van der Waals surface area contributed by atoms with Gasteiger partial charge in [0.2, 0.25) is 5.91 Å². The van der Waals surface area contributed by atoms with Gasteiger partial charge < -0.3 is 15.5 Å². The molecule has 1 aromatic rings. The maximum Gasteiger partial charge on any atom is 0.252 e. The summed E-state index contributed by atoms with van der Waals surface area (Å²) in [5.74, 6) is 0.445. The fourth-order valence-corrected chi connectivity index (χ4v) is 4.23. The molecule has 1 fully saturated rings. The van der Waals surface area contributed by atoms with Gasteiger partial charge in [0.05, 0.1) is 11.3 Å². The molecule has 0 atom stereocenters. The van der Waals surface area contributed by atoms with Gasteiger partial charge in [-0.25, -0.2) is 0 Å². The topological polar surface area (TPSA) is 61.4 Å². The molecule has 1 aromatic carbocycles. The first kappa shape index (κ1) is 23.8. The Morgan fingerprint density at radius 1 is 1.15 bits per heavy atom. The van der Waals surface area contributed by atoms with Crippen LogP contribution in [-0.2, 0) is 4.79 Å². The molecule has 2 rings (SSSR count). The molecule has 0 spiro atoms. The molecule has 0 aliphatic heterocycles. The van der Waals surface area contributed by atoms with E-state index < -0.39 is 0 Å². The second kappa shape index (κ2) is 13.0. The first-order valence-corrected chi connectivity index (χ1v) is 10.5. The number of amides is 2. The molecule has 27 heavy (non-hydrogen) atoms. The van der Waals surface area contributed by atoms with Crippen molar-refractivity contribution in [3.8, 4) is 0 Å². The highest BCUT2D eigenvalue weighted by Gasteiger charge is 2.22. The lowest BCUT2D eigenvalue weighted by Crippen LogP contribution is -2.39. The molecule has 1 aliphatic rings. The number of nitrogens with one attached hydrogen (secondary N) is 2. The summed E-state index contributed by atoms with van der Waals surface area (Å²) < 4.78 is 0. The average Bonchev–Trinajstić information content (AvgIpc) is 2.69. The Hall–Kier alpha value is -1.24. The summed E-state index contributed by atoms with van der Waals surface area (Å²) in [6.07, 6.45) is 6.82. The standard InChI is InChI=1S/C20H31N3O2S.ClH/c1-21-13-8-14-22-20(25)17-11-6-7-12-18(17)26-15-19(24)23(2)16-9-4-3-5-10-16;/h6-7,11-12,16,21H,3-5,8-10,13-15H2,1-2H3,(H,22,25);1H. The second-order valence-electron chi connectivity index (χ2n) is 6.79. The highest BCUT2D eigenvalue weighted by atomic mass is 35.5. The van der Waals surface area contributed by atoms with Gasteiger partial charge in [0.15, 0.2) is 0 Å². The Balaban J connectivity index is 0.00000364. The summed E-state index contributed by atoms with van der Waals surface area (Å²) in [6, 6.07) is 7.90. The quantitative estimate of drug-likeness (QED) is 0.481. The number of carbonyl (C=O) groups is 2. The van der Waals surface area contributed by atoms with Crippen LogP contribution in [0, 0.1) is 0 Å². The van der Waals surface area contributed by atoms with Crippen LogP contribution >= 0.6 is 24.2 Å². The number of halogens is 1. The maximum atomic E-state index is 12.5. The molecule has 2 N–H and O–H groups in total. The highest BCUT2D eigenvalue weighted by Crippen LogP contribution is 2.25. The van der Waals surface area contributed by atoms with Crippen molar-refractivity contribution in [3.05, 3.63) is 29.8 Å². The van der Waals surface area contributed by atoms with Crippen molar-refractivity contribution in [3.63, 3.8) is 0 Å². The van der Waals surface area contributed by atoms with Crippen LogP contribution in [0.4, 0.5) is 0 Å². The third-order valence-corrected chi connectivity index (χ3v) is 5.95. The SMILES string of the molecule is CNCCCNC(=O)c1ccccc1SCC(=O)N(C)C1CCCCC1.Cl. The zero-order valence-corrected chi connectivity index (χ0v) is 18.0. The number of hydrogen-bond acceptors (Lipinski definition) is 4. The van der Waals surface area contributed by atoms with Crippen LogP contribution in [0.1, 0.15) is 48.9 Å². The lowest BCUT2D eigenvalue weighted by atomic mass is 9.94. The molecule has 1 saturated carbocycles.